The van der Waals surface area contributed by atoms with Crippen LogP contribution in [0.1, 0.15) is 15.9 Å². The van der Waals surface area contributed by atoms with Crippen LogP contribution in [0.5, 0.6) is 0 Å². The third kappa shape index (κ3) is 8.05. The molecule has 5 aromatic carbocycles. The normalized spacial score (nSPS) is 11.2. The number of carbonyl (C=O) groups excluding carboxylic acids is 3. The molecule has 0 saturated carbocycles. The molecule has 0 radical (unpaired) electrons. The lowest BCUT2D eigenvalue weighted by molar-refractivity contribution is -0.114. The van der Waals surface area contributed by atoms with Crippen molar-refractivity contribution in [2.24, 2.45) is 0 Å². The van der Waals surface area contributed by atoms with E-state index in [4.69, 9.17) is 23.2 Å². The number of thioether (sulfide) groups is 1. The van der Waals surface area contributed by atoms with Gasteiger partial charge in [-0.1, -0.05) is 89.9 Å². The zero-order chi connectivity index (χ0) is 30.2. The zero-order valence-corrected chi connectivity index (χ0v) is 25.0. The van der Waals surface area contributed by atoms with Gasteiger partial charge < -0.3 is 16.0 Å². The number of amides is 3. The van der Waals surface area contributed by atoms with Crippen LogP contribution in [0.2, 0.25) is 10.0 Å². The van der Waals surface area contributed by atoms with Gasteiger partial charge in [-0.15, -0.1) is 11.8 Å². The summed E-state index contributed by atoms with van der Waals surface area (Å²) in [5.41, 5.74) is 2.04. The van der Waals surface area contributed by atoms with Crippen LogP contribution in [0.4, 0.5) is 11.4 Å². The molecule has 9 heteroatoms. The molecule has 0 fully saturated rings. The Bertz CT molecular complexity index is 1840. The molecule has 0 bridgehead atoms. The van der Waals surface area contributed by atoms with Crippen LogP contribution in [0.15, 0.2) is 126 Å². The monoisotopic (exact) mass is 625 g/mol. The first kappa shape index (κ1) is 29.9. The Morgan fingerprint density at radius 3 is 2.23 bits per heavy atom. The van der Waals surface area contributed by atoms with Crippen LogP contribution in [-0.2, 0) is 9.59 Å². The number of nitrogens with one attached hydrogen (secondary N) is 3. The highest BCUT2D eigenvalue weighted by Crippen LogP contribution is 2.28. The fourth-order valence-corrected chi connectivity index (χ4v) is 5.32. The number of benzene rings is 5. The molecule has 6 nitrogen and oxygen atoms in total. The molecule has 5 aromatic rings. The number of anilines is 2. The molecule has 0 saturated heterocycles. The summed E-state index contributed by atoms with van der Waals surface area (Å²) in [5, 5.41) is 11.2. The average molecular weight is 627 g/mol. The van der Waals surface area contributed by atoms with E-state index in [0.717, 1.165) is 21.4 Å². The number of rotatable bonds is 9. The fourth-order valence-electron chi connectivity index (χ4n) is 4.20. The maximum Gasteiger partial charge on any atom is 0.272 e. The van der Waals surface area contributed by atoms with Gasteiger partial charge in [-0.2, -0.15) is 0 Å². The molecule has 0 unspecified atom stereocenters. The van der Waals surface area contributed by atoms with Gasteiger partial charge >= 0.3 is 0 Å². The molecular weight excluding hydrogens is 601 g/mol. The minimum Gasteiger partial charge on any atom is -0.325 e. The molecule has 0 aliphatic rings. The SMILES string of the molecule is O=C(CSc1cccc(NC(=O)/C(=C\c2cccc(Cl)c2Cl)NC(=O)c2ccccc2)c1)Nc1ccc2ccccc2c1. The molecule has 214 valence electrons. The van der Waals surface area contributed by atoms with Crippen LogP contribution in [0.25, 0.3) is 16.8 Å². The summed E-state index contributed by atoms with van der Waals surface area (Å²) in [6.07, 6.45) is 1.47. The Morgan fingerprint density at radius 1 is 0.698 bits per heavy atom. The van der Waals surface area contributed by atoms with Crippen molar-refractivity contribution in [2.45, 2.75) is 4.90 Å². The van der Waals surface area contributed by atoms with Crippen molar-refractivity contribution in [2.75, 3.05) is 16.4 Å². The van der Waals surface area contributed by atoms with Gasteiger partial charge in [-0.25, -0.2) is 0 Å². The van der Waals surface area contributed by atoms with Crippen LogP contribution >= 0.6 is 35.0 Å². The summed E-state index contributed by atoms with van der Waals surface area (Å²) in [7, 11) is 0. The first-order valence-corrected chi connectivity index (χ1v) is 14.9. The van der Waals surface area contributed by atoms with Crippen LogP contribution < -0.4 is 16.0 Å². The minimum atomic E-state index is -0.559. The van der Waals surface area contributed by atoms with Crippen LogP contribution in [-0.4, -0.2) is 23.5 Å². The van der Waals surface area contributed by atoms with E-state index in [0.29, 0.717) is 21.8 Å². The molecule has 0 aliphatic heterocycles. The molecule has 0 atom stereocenters. The number of fused-ring (bicyclic) bond motifs is 1. The van der Waals surface area contributed by atoms with Crippen LogP contribution in [0, 0.1) is 0 Å². The topological polar surface area (TPSA) is 87.3 Å². The van der Waals surface area contributed by atoms with Crippen molar-refractivity contribution < 1.29 is 14.4 Å². The third-order valence-electron chi connectivity index (χ3n) is 6.31. The molecule has 0 heterocycles. The van der Waals surface area contributed by atoms with Gasteiger partial charge in [0.25, 0.3) is 11.8 Å². The average Bonchev–Trinajstić information content (AvgIpc) is 3.02. The van der Waals surface area contributed by atoms with E-state index >= 15 is 0 Å². The quantitative estimate of drug-likeness (QED) is 0.114. The Kier molecular flexibility index (Phi) is 9.79. The van der Waals surface area contributed by atoms with Gasteiger partial charge in [-0.3, -0.25) is 14.4 Å². The number of halogens is 2. The summed E-state index contributed by atoms with van der Waals surface area (Å²) < 4.78 is 0. The largest absolute Gasteiger partial charge is 0.325 e. The second kappa shape index (κ2) is 14.1. The summed E-state index contributed by atoms with van der Waals surface area (Å²) in [6.45, 7) is 0. The molecule has 0 aromatic heterocycles. The predicted molar refractivity (Wildman–Crippen MR) is 177 cm³/mol. The van der Waals surface area contributed by atoms with Crippen molar-refractivity contribution in [3.05, 3.63) is 142 Å². The fraction of sp³-hybridized carbons (Fsp3) is 0.0294. The van der Waals surface area contributed by atoms with Gasteiger partial charge in [0.15, 0.2) is 0 Å². The van der Waals surface area contributed by atoms with E-state index in [1.165, 1.54) is 17.8 Å². The minimum absolute atomic E-state index is 0.0224. The lowest BCUT2D eigenvalue weighted by Gasteiger charge is -2.13. The number of hydrogen-bond acceptors (Lipinski definition) is 4. The Balaban J connectivity index is 1.27. The maximum absolute atomic E-state index is 13.4. The van der Waals surface area contributed by atoms with E-state index in [1.54, 1.807) is 66.7 Å². The molecule has 3 amide bonds. The summed E-state index contributed by atoms with van der Waals surface area (Å²) in [4.78, 5) is 39.8. The van der Waals surface area contributed by atoms with Crippen LogP contribution in [0.3, 0.4) is 0 Å². The van der Waals surface area contributed by atoms with Crippen molar-refractivity contribution in [1.82, 2.24) is 5.32 Å². The van der Waals surface area contributed by atoms with E-state index in [1.807, 2.05) is 48.5 Å². The van der Waals surface area contributed by atoms with Crippen molar-refractivity contribution >= 4 is 80.9 Å². The van der Waals surface area contributed by atoms with E-state index in [2.05, 4.69) is 16.0 Å². The molecule has 0 aliphatic carbocycles. The van der Waals surface area contributed by atoms with E-state index in [9.17, 15) is 14.4 Å². The third-order valence-corrected chi connectivity index (χ3v) is 8.13. The molecular formula is C34H25Cl2N3O3S. The lowest BCUT2D eigenvalue weighted by atomic mass is 10.1. The maximum atomic E-state index is 13.4. The predicted octanol–water partition coefficient (Wildman–Crippen LogP) is 8.29. The summed E-state index contributed by atoms with van der Waals surface area (Å²) in [6, 6.07) is 34.4. The van der Waals surface area contributed by atoms with E-state index < -0.39 is 11.8 Å². The first-order valence-electron chi connectivity index (χ1n) is 13.2. The lowest BCUT2D eigenvalue weighted by Crippen LogP contribution is -2.30. The number of hydrogen-bond donors (Lipinski definition) is 3. The van der Waals surface area contributed by atoms with Gasteiger partial charge in [0.05, 0.1) is 15.8 Å². The molecule has 3 N–H and O–H groups in total. The molecule has 43 heavy (non-hydrogen) atoms. The molecule has 5 rings (SSSR count). The van der Waals surface area contributed by atoms with Crippen molar-refractivity contribution in [1.29, 1.82) is 0 Å². The van der Waals surface area contributed by atoms with Crippen molar-refractivity contribution in [3.8, 4) is 0 Å². The number of carbonyl (C=O) groups is 3. The highest BCUT2D eigenvalue weighted by atomic mass is 35.5. The van der Waals surface area contributed by atoms with Gasteiger partial charge in [0.2, 0.25) is 5.91 Å². The highest BCUT2D eigenvalue weighted by Gasteiger charge is 2.17. The second-order valence-corrected chi connectivity index (χ2v) is 11.2. The first-order chi connectivity index (χ1) is 20.9. The standard InChI is InChI=1S/C34H25Cl2N3O3S/c35-29-15-6-12-25(32(29)36)19-30(39-33(41)23-9-2-1-3-10-23)34(42)38-26-13-7-14-28(20-26)43-21-31(40)37-27-17-16-22-8-4-5-11-24(22)18-27/h1-20H,21H2,(H,37,40)(H,38,42)(H,39,41)/b30-19+. The van der Waals surface area contributed by atoms with E-state index in [-0.39, 0.29) is 22.4 Å². The molecule has 0 spiro atoms. The smallest absolute Gasteiger partial charge is 0.272 e. The van der Waals surface area contributed by atoms with Crippen molar-refractivity contribution in [3.63, 3.8) is 0 Å². The van der Waals surface area contributed by atoms with Gasteiger partial charge in [-0.05, 0) is 70.9 Å². The second-order valence-electron chi connectivity index (χ2n) is 9.40. The Morgan fingerprint density at radius 2 is 1.42 bits per heavy atom. The van der Waals surface area contributed by atoms with Gasteiger partial charge in [0, 0.05) is 21.8 Å². The van der Waals surface area contributed by atoms with Gasteiger partial charge in [0.1, 0.15) is 5.70 Å². The zero-order valence-electron chi connectivity index (χ0n) is 22.6. The summed E-state index contributed by atoms with van der Waals surface area (Å²) in [5.74, 6) is -0.990. The summed E-state index contributed by atoms with van der Waals surface area (Å²) >= 11 is 13.9. The Labute approximate surface area is 263 Å². The highest BCUT2D eigenvalue weighted by molar-refractivity contribution is 8.00. The Hall–Kier alpha value is -4.56.